The van der Waals surface area contributed by atoms with Crippen molar-refractivity contribution < 1.29 is 4.39 Å². The van der Waals surface area contributed by atoms with Crippen LogP contribution in [0.3, 0.4) is 0 Å². The predicted molar refractivity (Wildman–Crippen MR) is 86.7 cm³/mol. The Labute approximate surface area is 131 Å². The maximum Gasteiger partial charge on any atom is 0.191 e. The number of nitrogens with one attached hydrogen (secondary N) is 2. The number of halogens is 1. The van der Waals surface area contributed by atoms with Crippen LogP contribution in [0.25, 0.3) is 0 Å². The zero-order chi connectivity index (χ0) is 15.4. The van der Waals surface area contributed by atoms with Gasteiger partial charge >= 0.3 is 0 Å². The van der Waals surface area contributed by atoms with Crippen LogP contribution in [-0.2, 0) is 0 Å². The second kappa shape index (κ2) is 6.94. The molecule has 2 fully saturated rings. The molecule has 1 aromatic rings. The minimum absolute atomic E-state index is 0.255. The Morgan fingerprint density at radius 1 is 1.45 bits per heavy atom. The summed E-state index contributed by atoms with van der Waals surface area (Å²) in [5, 5.41) is 6.79. The molecular formula is C16H24FN5. The van der Waals surface area contributed by atoms with Gasteiger partial charge in [-0.1, -0.05) is 12.8 Å². The van der Waals surface area contributed by atoms with Crippen LogP contribution in [0.2, 0.25) is 0 Å². The fourth-order valence-electron chi connectivity index (χ4n) is 2.87. The largest absolute Gasteiger partial charge is 0.356 e. The molecule has 2 aliphatic rings. The molecule has 3 rings (SSSR count). The molecule has 0 amide bonds. The molecule has 1 saturated heterocycles. The third-order valence-electron chi connectivity index (χ3n) is 4.33. The minimum atomic E-state index is -0.255. The summed E-state index contributed by atoms with van der Waals surface area (Å²) in [6, 6.07) is 3.35. The number of hydrogen-bond acceptors (Lipinski definition) is 3. The van der Waals surface area contributed by atoms with Gasteiger partial charge in [0.15, 0.2) is 17.6 Å². The number of aliphatic imine (C=N–C) groups is 1. The van der Waals surface area contributed by atoms with Gasteiger partial charge < -0.3 is 15.5 Å². The van der Waals surface area contributed by atoms with Crippen LogP contribution in [0.15, 0.2) is 23.3 Å². The molecule has 1 aromatic heterocycles. The molecule has 1 atom stereocenters. The Kier molecular flexibility index (Phi) is 4.75. The molecule has 120 valence electrons. The van der Waals surface area contributed by atoms with E-state index in [2.05, 4.69) is 20.6 Å². The van der Waals surface area contributed by atoms with Gasteiger partial charge in [-0.05, 0) is 30.9 Å². The number of aromatic nitrogens is 1. The number of hydrogen-bond donors (Lipinski definition) is 2. The van der Waals surface area contributed by atoms with Gasteiger partial charge in [0.25, 0.3) is 0 Å². The molecule has 2 N–H and O–H groups in total. The summed E-state index contributed by atoms with van der Waals surface area (Å²) in [7, 11) is 1.79. The summed E-state index contributed by atoms with van der Waals surface area (Å²) in [5.74, 6) is 1.95. The van der Waals surface area contributed by atoms with Gasteiger partial charge in [0.05, 0.1) is 0 Å². The van der Waals surface area contributed by atoms with E-state index >= 15 is 0 Å². The van der Waals surface area contributed by atoms with E-state index in [9.17, 15) is 4.39 Å². The summed E-state index contributed by atoms with van der Waals surface area (Å²) in [6.07, 6.45) is 6.56. The number of pyridine rings is 1. The Hall–Kier alpha value is -1.85. The predicted octanol–water partition coefficient (Wildman–Crippen LogP) is 1.76. The summed E-state index contributed by atoms with van der Waals surface area (Å²) >= 11 is 0. The topological polar surface area (TPSA) is 52.6 Å². The normalized spacial score (nSPS) is 22.0. The fourth-order valence-corrected chi connectivity index (χ4v) is 2.87. The van der Waals surface area contributed by atoms with Gasteiger partial charge in [-0.15, -0.1) is 0 Å². The molecular weight excluding hydrogens is 281 g/mol. The standard InChI is InChI=1S/C16H24FN5/c1-18-16(20-9-6-12-4-5-12)21-13-7-10-22(11-13)15-14(17)3-2-8-19-15/h2-3,8,12-13H,4-7,9-11H2,1H3,(H2,18,20,21). The van der Waals surface area contributed by atoms with Crippen molar-refractivity contribution in [3.8, 4) is 0 Å². The van der Waals surface area contributed by atoms with Crippen molar-refractivity contribution in [2.45, 2.75) is 31.7 Å². The van der Waals surface area contributed by atoms with Crippen molar-refractivity contribution in [3.63, 3.8) is 0 Å². The number of nitrogens with zero attached hydrogens (tertiary/aromatic N) is 3. The smallest absolute Gasteiger partial charge is 0.191 e. The molecule has 0 radical (unpaired) electrons. The van der Waals surface area contributed by atoms with Crippen LogP contribution >= 0.6 is 0 Å². The highest BCUT2D eigenvalue weighted by Crippen LogP contribution is 2.31. The van der Waals surface area contributed by atoms with Crippen LogP contribution in [0.5, 0.6) is 0 Å². The lowest BCUT2D eigenvalue weighted by Crippen LogP contribution is -2.45. The molecule has 1 saturated carbocycles. The van der Waals surface area contributed by atoms with E-state index in [1.54, 1.807) is 19.3 Å². The van der Waals surface area contributed by atoms with Crippen LogP contribution in [0.1, 0.15) is 25.7 Å². The van der Waals surface area contributed by atoms with Crippen molar-refractivity contribution in [1.82, 2.24) is 15.6 Å². The number of guanidine groups is 1. The zero-order valence-electron chi connectivity index (χ0n) is 13.1. The number of rotatable bonds is 5. The third-order valence-corrected chi connectivity index (χ3v) is 4.33. The van der Waals surface area contributed by atoms with E-state index in [1.165, 1.54) is 25.3 Å². The van der Waals surface area contributed by atoms with Crippen molar-refractivity contribution in [3.05, 3.63) is 24.1 Å². The van der Waals surface area contributed by atoms with E-state index in [1.807, 2.05) is 4.90 Å². The molecule has 1 aliphatic carbocycles. The first-order valence-corrected chi connectivity index (χ1v) is 8.09. The molecule has 5 nitrogen and oxygen atoms in total. The molecule has 6 heteroatoms. The lowest BCUT2D eigenvalue weighted by Gasteiger charge is -2.19. The minimum Gasteiger partial charge on any atom is -0.356 e. The second-order valence-corrected chi connectivity index (χ2v) is 6.12. The molecule has 0 aromatic carbocycles. The Bertz CT molecular complexity index is 529. The maximum atomic E-state index is 13.8. The SMILES string of the molecule is CN=C(NCCC1CC1)NC1CCN(c2ncccc2F)C1. The second-order valence-electron chi connectivity index (χ2n) is 6.12. The van der Waals surface area contributed by atoms with Crippen molar-refractivity contribution in [2.75, 3.05) is 31.6 Å². The highest BCUT2D eigenvalue weighted by atomic mass is 19.1. The first kappa shape index (κ1) is 15.1. The molecule has 1 unspecified atom stereocenters. The number of anilines is 1. The summed E-state index contributed by atoms with van der Waals surface area (Å²) < 4.78 is 13.8. The van der Waals surface area contributed by atoms with Crippen molar-refractivity contribution in [2.24, 2.45) is 10.9 Å². The Morgan fingerprint density at radius 2 is 2.32 bits per heavy atom. The van der Waals surface area contributed by atoms with Crippen molar-refractivity contribution in [1.29, 1.82) is 0 Å². The third kappa shape index (κ3) is 3.87. The van der Waals surface area contributed by atoms with Crippen LogP contribution in [-0.4, -0.2) is 43.7 Å². The molecule has 22 heavy (non-hydrogen) atoms. The van der Waals surface area contributed by atoms with Gasteiger partial charge in [-0.3, -0.25) is 4.99 Å². The fraction of sp³-hybridized carbons (Fsp3) is 0.625. The van der Waals surface area contributed by atoms with Gasteiger partial charge in [0.1, 0.15) is 0 Å². The van der Waals surface area contributed by atoms with Crippen LogP contribution in [0.4, 0.5) is 10.2 Å². The highest BCUT2D eigenvalue weighted by Gasteiger charge is 2.26. The van der Waals surface area contributed by atoms with Gasteiger partial charge in [0.2, 0.25) is 0 Å². The van der Waals surface area contributed by atoms with E-state index in [0.29, 0.717) is 5.82 Å². The van der Waals surface area contributed by atoms with Gasteiger partial charge in [-0.25, -0.2) is 9.37 Å². The van der Waals surface area contributed by atoms with Crippen LogP contribution in [0, 0.1) is 11.7 Å². The van der Waals surface area contributed by atoms with Crippen molar-refractivity contribution >= 4 is 11.8 Å². The highest BCUT2D eigenvalue weighted by molar-refractivity contribution is 5.80. The molecule has 2 heterocycles. The zero-order valence-corrected chi connectivity index (χ0v) is 13.1. The van der Waals surface area contributed by atoms with E-state index in [4.69, 9.17) is 0 Å². The summed E-state index contributed by atoms with van der Waals surface area (Å²) in [6.45, 7) is 2.53. The molecule has 0 bridgehead atoms. The lowest BCUT2D eigenvalue weighted by molar-refractivity contribution is 0.611. The monoisotopic (exact) mass is 305 g/mol. The Morgan fingerprint density at radius 3 is 3.05 bits per heavy atom. The first-order chi connectivity index (χ1) is 10.8. The molecule has 1 aliphatic heterocycles. The van der Waals surface area contributed by atoms with E-state index < -0.39 is 0 Å². The molecule has 0 spiro atoms. The van der Waals surface area contributed by atoms with Gasteiger partial charge in [-0.2, -0.15) is 0 Å². The van der Waals surface area contributed by atoms with E-state index in [0.717, 1.165) is 37.9 Å². The summed E-state index contributed by atoms with van der Waals surface area (Å²) in [5.41, 5.74) is 0. The quantitative estimate of drug-likeness (QED) is 0.643. The van der Waals surface area contributed by atoms with E-state index in [-0.39, 0.29) is 11.9 Å². The average Bonchev–Trinajstić information content (AvgIpc) is 3.24. The Balaban J connectivity index is 1.48. The van der Waals surface area contributed by atoms with Gasteiger partial charge in [0, 0.05) is 38.9 Å². The summed E-state index contributed by atoms with van der Waals surface area (Å²) in [4.78, 5) is 10.4. The first-order valence-electron chi connectivity index (χ1n) is 8.09. The maximum absolute atomic E-state index is 13.8. The van der Waals surface area contributed by atoms with Crippen LogP contribution < -0.4 is 15.5 Å². The lowest BCUT2D eigenvalue weighted by atomic mass is 10.2. The average molecular weight is 305 g/mol.